The molecule has 2 N–H and O–H groups in total. The van der Waals surface area contributed by atoms with Crippen molar-refractivity contribution in [2.24, 2.45) is 0 Å². The second-order valence-electron chi connectivity index (χ2n) is 3.94. The van der Waals surface area contributed by atoms with Crippen LogP contribution >= 0.6 is 23.2 Å². The maximum Gasteiger partial charge on any atom is 0.337 e. The Kier molecular flexibility index (Phi) is 4.40. The minimum absolute atomic E-state index is 0.0129. The molecule has 0 spiro atoms. The molecule has 0 aliphatic carbocycles. The summed E-state index contributed by atoms with van der Waals surface area (Å²) in [6.45, 7) is 0. The fraction of sp³-hybridized carbons (Fsp3) is 0. The summed E-state index contributed by atoms with van der Waals surface area (Å²) in [7, 11) is 0. The standard InChI is InChI=1S/C13H7Cl2FN2O3/c14-8-4-9(15)10(16)3-7(8)12(19)18-11-2-1-6(5-17-11)13(20)21/h1-5H,(H,20,21)(H,17,18,19). The normalized spacial score (nSPS) is 10.2. The molecule has 1 amide bonds. The highest BCUT2D eigenvalue weighted by Crippen LogP contribution is 2.24. The van der Waals surface area contributed by atoms with Gasteiger partial charge in [-0.25, -0.2) is 14.2 Å². The van der Waals surface area contributed by atoms with Crippen LogP contribution < -0.4 is 5.32 Å². The minimum Gasteiger partial charge on any atom is -0.478 e. The summed E-state index contributed by atoms with van der Waals surface area (Å²) >= 11 is 11.4. The van der Waals surface area contributed by atoms with Crippen LogP contribution in [0.1, 0.15) is 20.7 Å². The number of aromatic carboxylic acids is 1. The Bertz CT molecular complexity index is 720. The van der Waals surface area contributed by atoms with Crippen LogP contribution in [0.5, 0.6) is 0 Å². The number of anilines is 1. The number of carbonyl (C=O) groups excluding carboxylic acids is 1. The highest BCUT2D eigenvalue weighted by atomic mass is 35.5. The third kappa shape index (κ3) is 3.48. The number of rotatable bonds is 3. The Morgan fingerprint density at radius 2 is 1.90 bits per heavy atom. The van der Waals surface area contributed by atoms with Crippen LogP contribution in [0, 0.1) is 5.82 Å². The lowest BCUT2D eigenvalue weighted by atomic mass is 10.2. The first-order chi connectivity index (χ1) is 9.88. The fourth-order valence-electron chi connectivity index (χ4n) is 1.47. The quantitative estimate of drug-likeness (QED) is 0.845. The lowest BCUT2D eigenvalue weighted by molar-refractivity contribution is 0.0696. The van der Waals surface area contributed by atoms with Gasteiger partial charge >= 0.3 is 5.97 Å². The van der Waals surface area contributed by atoms with Gasteiger partial charge in [0, 0.05) is 6.20 Å². The third-order valence-corrected chi connectivity index (χ3v) is 3.11. The second-order valence-corrected chi connectivity index (χ2v) is 4.75. The lowest BCUT2D eigenvalue weighted by Crippen LogP contribution is -2.14. The Balaban J connectivity index is 2.22. The number of carbonyl (C=O) groups is 2. The molecule has 8 heteroatoms. The average Bonchev–Trinajstić information content (AvgIpc) is 2.43. The summed E-state index contributed by atoms with van der Waals surface area (Å²) in [5, 5.41) is 10.9. The number of nitrogens with one attached hydrogen (secondary N) is 1. The Morgan fingerprint density at radius 1 is 1.19 bits per heavy atom. The summed E-state index contributed by atoms with van der Waals surface area (Å²) in [5.74, 6) is -2.49. The topological polar surface area (TPSA) is 79.3 Å². The predicted octanol–water partition coefficient (Wildman–Crippen LogP) is 3.48. The van der Waals surface area contributed by atoms with Gasteiger partial charge in [0.05, 0.1) is 21.2 Å². The second kappa shape index (κ2) is 6.07. The first-order valence-corrected chi connectivity index (χ1v) is 6.29. The smallest absolute Gasteiger partial charge is 0.337 e. The monoisotopic (exact) mass is 328 g/mol. The van der Waals surface area contributed by atoms with Gasteiger partial charge in [0.15, 0.2) is 0 Å². The third-order valence-electron chi connectivity index (χ3n) is 2.51. The molecule has 1 heterocycles. The summed E-state index contributed by atoms with van der Waals surface area (Å²) < 4.78 is 13.3. The van der Waals surface area contributed by atoms with E-state index < -0.39 is 17.7 Å². The number of halogens is 3. The van der Waals surface area contributed by atoms with Gasteiger partial charge in [0.25, 0.3) is 5.91 Å². The van der Waals surface area contributed by atoms with Gasteiger partial charge in [-0.05, 0) is 24.3 Å². The summed E-state index contributed by atoms with van der Waals surface area (Å²) in [6.07, 6.45) is 1.09. The molecular weight excluding hydrogens is 322 g/mol. The number of carboxylic acid groups (broad SMARTS) is 1. The molecule has 0 unspecified atom stereocenters. The maximum absolute atomic E-state index is 13.3. The first kappa shape index (κ1) is 15.2. The Hall–Kier alpha value is -2.18. The molecule has 0 fully saturated rings. The minimum atomic E-state index is -1.14. The number of amides is 1. The molecule has 108 valence electrons. The van der Waals surface area contributed by atoms with E-state index in [1.165, 1.54) is 12.1 Å². The highest BCUT2D eigenvalue weighted by molar-refractivity contribution is 6.37. The van der Waals surface area contributed by atoms with Crippen LogP contribution in [0.3, 0.4) is 0 Å². The summed E-state index contributed by atoms with van der Waals surface area (Å²) in [5.41, 5.74) is -0.133. The molecule has 2 rings (SSSR count). The molecule has 0 aliphatic heterocycles. The van der Waals surface area contributed by atoms with Gasteiger partial charge in [0.1, 0.15) is 11.6 Å². The highest BCUT2D eigenvalue weighted by Gasteiger charge is 2.15. The van der Waals surface area contributed by atoms with E-state index in [0.29, 0.717) is 0 Å². The van der Waals surface area contributed by atoms with Gasteiger partial charge in [-0.15, -0.1) is 0 Å². The molecule has 2 aromatic rings. The first-order valence-electron chi connectivity index (χ1n) is 5.53. The van der Waals surface area contributed by atoms with Crippen molar-refractivity contribution in [3.63, 3.8) is 0 Å². The van der Waals surface area contributed by atoms with Gasteiger partial charge in [-0.2, -0.15) is 0 Å². The molecule has 0 radical (unpaired) electrons. The largest absolute Gasteiger partial charge is 0.478 e. The Morgan fingerprint density at radius 3 is 2.48 bits per heavy atom. The molecule has 0 bridgehead atoms. The number of carboxylic acids is 1. The van der Waals surface area contributed by atoms with Crippen molar-refractivity contribution < 1.29 is 19.1 Å². The zero-order chi connectivity index (χ0) is 15.6. The summed E-state index contributed by atoms with van der Waals surface area (Å²) in [4.78, 5) is 26.4. The van der Waals surface area contributed by atoms with Crippen molar-refractivity contribution in [2.75, 3.05) is 5.32 Å². The zero-order valence-electron chi connectivity index (χ0n) is 10.2. The van der Waals surface area contributed by atoms with Crippen LogP contribution in [0.2, 0.25) is 10.0 Å². The van der Waals surface area contributed by atoms with Crippen LogP contribution in [-0.4, -0.2) is 22.0 Å². The zero-order valence-corrected chi connectivity index (χ0v) is 11.7. The van der Waals surface area contributed by atoms with Crippen molar-refractivity contribution in [1.29, 1.82) is 0 Å². The number of aromatic nitrogens is 1. The number of hydrogen-bond acceptors (Lipinski definition) is 3. The molecule has 21 heavy (non-hydrogen) atoms. The van der Waals surface area contributed by atoms with Crippen LogP contribution in [-0.2, 0) is 0 Å². The fourth-order valence-corrected chi connectivity index (χ4v) is 1.94. The average molecular weight is 329 g/mol. The van der Waals surface area contributed by atoms with Gasteiger partial charge in [-0.3, -0.25) is 4.79 Å². The van der Waals surface area contributed by atoms with Crippen molar-refractivity contribution in [3.8, 4) is 0 Å². The Labute approximate surface area is 128 Å². The predicted molar refractivity (Wildman–Crippen MR) is 75.6 cm³/mol. The summed E-state index contributed by atoms with van der Waals surface area (Å²) in [6, 6.07) is 4.61. The van der Waals surface area contributed by atoms with E-state index >= 15 is 0 Å². The van der Waals surface area contributed by atoms with E-state index in [9.17, 15) is 14.0 Å². The molecular formula is C13H7Cl2FN2O3. The molecule has 0 saturated heterocycles. The van der Waals surface area contributed by atoms with Crippen LogP contribution in [0.4, 0.5) is 10.2 Å². The van der Waals surface area contributed by atoms with Crippen LogP contribution in [0.25, 0.3) is 0 Å². The van der Waals surface area contributed by atoms with Gasteiger partial charge < -0.3 is 10.4 Å². The van der Waals surface area contributed by atoms with E-state index in [0.717, 1.165) is 18.3 Å². The van der Waals surface area contributed by atoms with E-state index in [4.69, 9.17) is 28.3 Å². The van der Waals surface area contributed by atoms with Crippen molar-refractivity contribution >= 4 is 40.9 Å². The number of hydrogen-bond donors (Lipinski definition) is 2. The van der Waals surface area contributed by atoms with E-state index in [2.05, 4.69) is 10.3 Å². The van der Waals surface area contributed by atoms with E-state index in [1.807, 2.05) is 0 Å². The SMILES string of the molecule is O=C(O)c1ccc(NC(=O)c2cc(F)c(Cl)cc2Cl)nc1. The van der Waals surface area contributed by atoms with Gasteiger partial charge in [-0.1, -0.05) is 23.2 Å². The van der Waals surface area contributed by atoms with Crippen molar-refractivity contribution in [3.05, 3.63) is 57.5 Å². The molecule has 5 nitrogen and oxygen atoms in total. The number of pyridine rings is 1. The van der Waals surface area contributed by atoms with Crippen LogP contribution in [0.15, 0.2) is 30.5 Å². The molecule has 0 saturated carbocycles. The van der Waals surface area contributed by atoms with Crippen molar-refractivity contribution in [1.82, 2.24) is 4.98 Å². The van der Waals surface area contributed by atoms with Crippen molar-refractivity contribution in [2.45, 2.75) is 0 Å². The number of benzene rings is 1. The molecule has 0 atom stereocenters. The lowest BCUT2D eigenvalue weighted by Gasteiger charge is -2.07. The molecule has 0 aliphatic rings. The van der Waals surface area contributed by atoms with Gasteiger partial charge in [0.2, 0.25) is 0 Å². The van der Waals surface area contributed by atoms with E-state index in [1.54, 1.807) is 0 Å². The van der Waals surface area contributed by atoms with E-state index in [-0.39, 0.29) is 27.0 Å². The maximum atomic E-state index is 13.3. The molecule has 1 aromatic carbocycles. The number of nitrogens with zero attached hydrogens (tertiary/aromatic N) is 1. The molecule has 1 aromatic heterocycles.